The summed E-state index contributed by atoms with van der Waals surface area (Å²) in [4.78, 5) is 1.92. The van der Waals surface area contributed by atoms with Gasteiger partial charge in [0.2, 0.25) is 0 Å². The molecule has 3 nitrogen and oxygen atoms in total. The zero-order chi connectivity index (χ0) is 11.4. The molecule has 0 fully saturated rings. The highest BCUT2D eigenvalue weighted by Gasteiger charge is 2.05. The van der Waals surface area contributed by atoms with Crippen molar-refractivity contribution >= 4 is 5.69 Å². The molecule has 0 aliphatic carbocycles. The molecular formula is C11H17FN2O. The highest BCUT2D eigenvalue weighted by molar-refractivity contribution is 5.41. The molecule has 0 aliphatic heterocycles. The summed E-state index contributed by atoms with van der Waals surface area (Å²) in [6, 6.07) is 4.48. The molecule has 3 N–H and O–H groups in total. The predicted molar refractivity (Wildman–Crippen MR) is 58.8 cm³/mol. The largest absolute Gasteiger partial charge is 0.399 e. The fourth-order valence-electron chi connectivity index (χ4n) is 1.59. The van der Waals surface area contributed by atoms with Gasteiger partial charge in [-0.2, -0.15) is 0 Å². The van der Waals surface area contributed by atoms with Crippen LogP contribution in [-0.2, 0) is 6.54 Å². The number of nitrogens with zero attached hydrogens (tertiary/aromatic N) is 1. The third kappa shape index (κ3) is 4.27. The smallest absolute Gasteiger partial charge is 0.125 e. The summed E-state index contributed by atoms with van der Waals surface area (Å²) in [5.41, 5.74) is 6.77. The van der Waals surface area contributed by atoms with Gasteiger partial charge in [-0.1, -0.05) is 0 Å². The molecular weight excluding hydrogens is 195 g/mol. The first-order valence-corrected chi connectivity index (χ1v) is 4.89. The fraction of sp³-hybridized carbons (Fsp3) is 0.455. The molecule has 0 aromatic heterocycles. The summed E-state index contributed by atoms with van der Waals surface area (Å²) < 4.78 is 13.0. The van der Waals surface area contributed by atoms with Crippen molar-refractivity contribution in [2.24, 2.45) is 0 Å². The van der Waals surface area contributed by atoms with Crippen molar-refractivity contribution in [3.63, 3.8) is 0 Å². The molecule has 0 bridgehead atoms. The van der Waals surface area contributed by atoms with Crippen molar-refractivity contribution in [2.45, 2.75) is 19.6 Å². The van der Waals surface area contributed by atoms with Crippen molar-refractivity contribution in [3.05, 3.63) is 29.6 Å². The molecule has 0 amide bonds. The number of rotatable bonds is 4. The number of aliphatic hydroxyl groups is 1. The SMILES string of the molecule is CC(O)CN(C)Cc1cc(N)cc(F)c1. The van der Waals surface area contributed by atoms with Crippen molar-refractivity contribution in [1.82, 2.24) is 4.90 Å². The molecule has 15 heavy (non-hydrogen) atoms. The molecule has 0 spiro atoms. The Hall–Kier alpha value is -1.13. The van der Waals surface area contributed by atoms with Gasteiger partial charge in [0.05, 0.1) is 6.10 Å². The number of nitrogen functional groups attached to an aromatic ring is 1. The van der Waals surface area contributed by atoms with Gasteiger partial charge >= 0.3 is 0 Å². The number of nitrogens with two attached hydrogens (primary N) is 1. The second kappa shape index (κ2) is 5.09. The maximum absolute atomic E-state index is 13.0. The summed E-state index contributed by atoms with van der Waals surface area (Å²) in [7, 11) is 1.87. The molecule has 1 atom stereocenters. The average molecular weight is 212 g/mol. The van der Waals surface area contributed by atoms with Gasteiger partial charge in [0.1, 0.15) is 5.82 Å². The van der Waals surface area contributed by atoms with Crippen LogP contribution < -0.4 is 5.73 Å². The average Bonchev–Trinajstić information content (AvgIpc) is 1.98. The molecule has 0 radical (unpaired) electrons. The highest BCUT2D eigenvalue weighted by atomic mass is 19.1. The van der Waals surface area contributed by atoms with Crippen molar-refractivity contribution < 1.29 is 9.50 Å². The second-order valence-electron chi connectivity index (χ2n) is 3.94. The maximum Gasteiger partial charge on any atom is 0.125 e. The quantitative estimate of drug-likeness (QED) is 0.738. The Bertz CT molecular complexity index is 308. The predicted octanol–water partition coefficient (Wildman–Crippen LogP) is 1.22. The number of hydrogen-bond donors (Lipinski definition) is 2. The monoisotopic (exact) mass is 212 g/mol. The molecule has 0 saturated heterocycles. The van der Waals surface area contributed by atoms with E-state index in [4.69, 9.17) is 10.8 Å². The van der Waals surface area contributed by atoms with E-state index in [1.165, 1.54) is 12.1 Å². The Morgan fingerprint density at radius 3 is 2.67 bits per heavy atom. The molecule has 0 heterocycles. The standard InChI is InChI=1S/C11H17FN2O/c1-8(15)6-14(2)7-9-3-10(12)5-11(13)4-9/h3-5,8,15H,6-7,13H2,1-2H3. The number of benzene rings is 1. The minimum atomic E-state index is -0.388. The van der Waals surface area contributed by atoms with Crippen molar-refractivity contribution in [1.29, 1.82) is 0 Å². The number of aliphatic hydroxyl groups excluding tert-OH is 1. The summed E-state index contributed by atoms with van der Waals surface area (Å²) in [5.74, 6) is -0.324. The molecule has 1 unspecified atom stereocenters. The zero-order valence-corrected chi connectivity index (χ0v) is 9.07. The van der Waals surface area contributed by atoms with E-state index in [9.17, 15) is 4.39 Å². The first-order valence-electron chi connectivity index (χ1n) is 4.89. The lowest BCUT2D eigenvalue weighted by molar-refractivity contribution is 0.138. The molecule has 84 valence electrons. The third-order valence-corrected chi connectivity index (χ3v) is 2.01. The van der Waals surface area contributed by atoms with Crippen LogP contribution in [0.4, 0.5) is 10.1 Å². The Kier molecular flexibility index (Phi) is 4.05. The Balaban J connectivity index is 2.63. The first-order chi connectivity index (χ1) is 6.97. The molecule has 1 rings (SSSR count). The van der Waals surface area contributed by atoms with Crippen LogP contribution in [0.15, 0.2) is 18.2 Å². The van der Waals surface area contributed by atoms with Crippen molar-refractivity contribution in [3.8, 4) is 0 Å². The minimum Gasteiger partial charge on any atom is -0.399 e. The van der Waals surface area contributed by atoms with Gasteiger partial charge in [-0.25, -0.2) is 4.39 Å². The summed E-state index contributed by atoms with van der Waals surface area (Å²) in [5, 5.41) is 9.17. The van der Waals surface area contributed by atoms with Crippen LogP contribution >= 0.6 is 0 Å². The molecule has 4 heteroatoms. The molecule has 0 saturated carbocycles. The van der Waals surface area contributed by atoms with E-state index in [0.717, 1.165) is 5.56 Å². The topological polar surface area (TPSA) is 49.5 Å². The van der Waals surface area contributed by atoms with E-state index in [-0.39, 0.29) is 11.9 Å². The Morgan fingerprint density at radius 2 is 2.13 bits per heavy atom. The van der Waals surface area contributed by atoms with Crippen molar-refractivity contribution in [2.75, 3.05) is 19.3 Å². The third-order valence-electron chi connectivity index (χ3n) is 2.01. The number of anilines is 1. The van der Waals surface area contributed by atoms with E-state index in [2.05, 4.69) is 0 Å². The van der Waals surface area contributed by atoms with Gasteiger partial charge < -0.3 is 10.8 Å². The second-order valence-corrected chi connectivity index (χ2v) is 3.94. The lowest BCUT2D eigenvalue weighted by Gasteiger charge is -2.18. The lowest BCUT2D eigenvalue weighted by Crippen LogP contribution is -2.26. The van der Waals surface area contributed by atoms with Crippen LogP contribution in [0.5, 0.6) is 0 Å². The van der Waals surface area contributed by atoms with Gasteiger partial charge in [-0.15, -0.1) is 0 Å². The molecule has 1 aromatic rings. The van der Waals surface area contributed by atoms with Crippen LogP contribution in [0.2, 0.25) is 0 Å². The van der Waals surface area contributed by atoms with E-state index in [1.807, 2.05) is 11.9 Å². The van der Waals surface area contributed by atoms with E-state index >= 15 is 0 Å². The first kappa shape index (κ1) is 11.9. The van der Waals surface area contributed by atoms with Crippen LogP contribution in [0, 0.1) is 5.82 Å². The summed E-state index contributed by atoms with van der Waals surface area (Å²) in [6.45, 7) is 2.85. The summed E-state index contributed by atoms with van der Waals surface area (Å²) in [6.07, 6.45) is -0.388. The summed E-state index contributed by atoms with van der Waals surface area (Å²) >= 11 is 0. The fourth-order valence-corrected chi connectivity index (χ4v) is 1.59. The van der Waals surface area contributed by atoms with Gasteiger partial charge in [-0.05, 0) is 37.7 Å². The lowest BCUT2D eigenvalue weighted by atomic mass is 10.2. The number of likely N-dealkylation sites (N-methyl/N-ethyl adjacent to an activating group) is 1. The van der Waals surface area contributed by atoms with Crippen LogP contribution in [-0.4, -0.2) is 29.7 Å². The van der Waals surface area contributed by atoms with Gasteiger partial charge in [-0.3, -0.25) is 4.90 Å². The van der Waals surface area contributed by atoms with Gasteiger partial charge in [0.15, 0.2) is 0 Å². The Labute approximate surface area is 89.3 Å². The van der Waals surface area contributed by atoms with E-state index in [0.29, 0.717) is 18.8 Å². The van der Waals surface area contributed by atoms with E-state index in [1.54, 1.807) is 13.0 Å². The molecule has 0 aliphatic rings. The van der Waals surface area contributed by atoms with Gasteiger partial charge in [0, 0.05) is 18.8 Å². The van der Waals surface area contributed by atoms with Crippen LogP contribution in [0.1, 0.15) is 12.5 Å². The zero-order valence-electron chi connectivity index (χ0n) is 9.07. The highest BCUT2D eigenvalue weighted by Crippen LogP contribution is 2.12. The normalized spacial score (nSPS) is 13.1. The maximum atomic E-state index is 13.0. The van der Waals surface area contributed by atoms with Gasteiger partial charge in [0.25, 0.3) is 0 Å². The Morgan fingerprint density at radius 1 is 1.47 bits per heavy atom. The van der Waals surface area contributed by atoms with Crippen LogP contribution in [0.3, 0.4) is 0 Å². The molecule has 1 aromatic carbocycles. The number of hydrogen-bond acceptors (Lipinski definition) is 3. The van der Waals surface area contributed by atoms with Crippen LogP contribution in [0.25, 0.3) is 0 Å². The number of halogens is 1. The minimum absolute atomic E-state index is 0.324. The van der Waals surface area contributed by atoms with E-state index < -0.39 is 0 Å².